The van der Waals surface area contributed by atoms with E-state index in [0.717, 1.165) is 33.4 Å². The van der Waals surface area contributed by atoms with E-state index >= 15 is 0 Å². The Kier molecular flexibility index (Phi) is 2.71. The molecule has 100 valence electrons. The van der Waals surface area contributed by atoms with Crippen molar-refractivity contribution in [3.8, 4) is 22.5 Å². The molecule has 0 saturated carbocycles. The van der Waals surface area contributed by atoms with Gasteiger partial charge in [0.25, 0.3) is 0 Å². The van der Waals surface area contributed by atoms with Gasteiger partial charge in [0.1, 0.15) is 18.3 Å². The van der Waals surface area contributed by atoms with Crippen LogP contribution in [0.1, 0.15) is 0 Å². The third-order valence-corrected chi connectivity index (χ3v) is 3.41. The van der Waals surface area contributed by atoms with Gasteiger partial charge in [-0.3, -0.25) is 0 Å². The Morgan fingerprint density at radius 2 is 1.71 bits per heavy atom. The van der Waals surface area contributed by atoms with Crippen molar-refractivity contribution in [1.82, 2.24) is 15.0 Å². The lowest BCUT2D eigenvalue weighted by Crippen LogP contribution is -1.89. The minimum atomic E-state index is 0.803. The van der Waals surface area contributed by atoms with Crippen LogP contribution in [-0.2, 0) is 0 Å². The van der Waals surface area contributed by atoms with Gasteiger partial charge in [0.05, 0.1) is 11.2 Å². The van der Waals surface area contributed by atoms with Crippen LogP contribution in [0.25, 0.3) is 33.4 Å². The maximum Gasteiger partial charge on any atom is 0.181 e. The highest BCUT2D eigenvalue weighted by atomic mass is 16.3. The van der Waals surface area contributed by atoms with Crippen molar-refractivity contribution >= 4 is 10.9 Å². The summed E-state index contributed by atoms with van der Waals surface area (Å²) in [7, 11) is 0. The molecule has 2 aromatic heterocycles. The first-order valence-electron chi connectivity index (χ1n) is 6.60. The molecule has 0 radical (unpaired) electrons. The summed E-state index contributed by atoms with van der Waals surface area (Å²) in [5.74, 6) is 0. The highest BCUT2D eigenvalue weighted by Crippen LogP contribution is 2.28. The van der Waals surface area contributed by atoms with Gasteiger partial charge < -0.3 is 4.42 Å². The average Bonchev–Trinajstić information content (AvgIpc) is 3.09. The van der Waals surface area contributed by atoms with E-state index in [-0.39, 0.29) is 0 Å². The molecule has 0 unspecified atom stereocenters. The number of nitrogens with zero attached hydrogens (tertiary/aromatic N) is 3. The topological polar surface area (TPSA) is 51.8 Å². The van der Waals surface area contributed by atoms with Crippen LogP contribution in [0.3, 0.4) is 0 Å². The lowest BCUT2D eigenvalue weighted by atomic mass is 10.0. The Hall–Kier alpha value is -3.01. The molecule has 0 aliphatic rings. The van der Waals surface area contributed by atoms with Gasteiger partial charge in [0, 0.05) is 16.5 Å². The van der Waals surface area contributed by atoms with Crippen LogP contribution in [0.15, 0.2) is 71.9 Å². The maximum atomic E-state index is 5.03. The second kappa shape index (κ2) is 4.83. The Balaban J connectivity index is 1.92. The van der Waals surface area contributed by atoms with Crippen LogP contribution < -0.4 is 0 Å². The van der Waals surface area contributed by atoms with Gasteiger partial charge in [-0.05, 0) is 12.1 Å². The van der Waals surface area contributed by atoms with E-state index in [1.807, 2.05) is 48.5 Å². The molecule has 0 fully saturated rings. The molecule has 0 spiro atoms. The Bertz CT molecular complexity index is 886. The number of rotatable bonds is 2. The highest BCUT2D eigenvalue weighted by molar-refractivity contribution is 5.94. The fraction of sp³-hybridized carbons (Fsp3) is 0. The lowest BCUT2D eigenvalue weighted by Gasteiger charge is -2.06. The molecule has 4 rings (SSSR count). The molecule has 4 heteroatoms. The second-order valence-corrected chi connectivity index (χ2v) is 4.69. The van der Waals surface area contributed by atoms with E-state index < -0.39 is 0 Å². The van der Waals surface area contributed by atoms with E-state index in [1.54, 1.807) is 12.6 Å². The molecule has 0 bridgehead atoms. The maximum absolute atomic E-state index is 5.03. The molecule has 2 aromatic carbocycles. The Labute approximate surface area is 121 Å². The number of hydrogen-bond donors (Lipinski definition) is 0. The largest absolute Gasteiger partial charge is 0.451 e. The number of fused-ring (bicyclic) bond motifs is 1. The van der Waals surface area contributed by atoms with E-state index in [9.17, 15) is 0 Å². The van der Waals surface area contributed by atoms with Crippen LogP contribution in [0.4, 0.5) is 0 Å². The summed E-state index contributed by atoms with van der Waals surface area (Å²) in [6, 6.07) is 16.1. The molecule has 21 heavy (non-hydrogen) atoms. The monoisotopic (exact) mass is 273 g/mol. The summed E-state index contributed by atoms with van der Waals surface area (Å²) >= 11 is 0. The standard InChI is InChI=1S/C17H11N3O/c1-2-4-12(5-3-1)17-14-7-6-13(16-9-21-11-20-16)8-15(14)18-10-19-17/h1-11H. The zero-order valence-corrected chi connectivity index (χ0v) is 11.1. The predicted molar refractivity (Wildman–Crippen MR) is 80.5 cm³/mol. The van der Waals surface area contributed by atoms with Crippen LogP contribution in [0.5, 0.6) is 0 Å². The summed E-state index contributed by atoms with van der Waals surface area (Å²) in [5.41, 5.74) is 4.70. The molecule has 0 aliphatic carbocycles. The van der Waals surface area contributed by atoms with Gasteiger partial charge in [-0.15, -0.1) is 0 Å². The molecule has 0 amide bonds. The SMILES string of the molecule is c1ccc(-c2ncnc3cc(-c4cocn4)ccc23)cc1. The first kappa shape index (κ1) is 11.8. The van der Waals surface area contributed by atoms with Crippen LogP contribution >= 0.6 is 0 Å². The minimum Gasteiger partial charge on any atom is -0.451 e. The molecule has 0 saturated heterocycles. The molecule has 0 N–H and O–H groups in total. The van der Waals surface area contributed by atoms with Gasteiger partial charge in [-0.25, -0.2) is 15.0 Å². The molecular weight excluding hydrogens is 262 g/mol. The van der Waals surface area contributed by atoms with Crippen LogP contribution in [-0.4, -0.2) is 15.0 Å². The van der Waals surface area contributed by atoms with Crippen LogP contribution in [0.2, 0.25) is 0 Å². The quantitative estimate of drug-likeness (QED) is 0.555. The summed E-state index contributed by atoms with van der Waals surface area (Å²) in [5, 5.41) is 1.02. The van der Waals surface area contributed by atoms with Crippen molar-refractivity contribution in [2.75, 3.05) is 0 Å². The molecule has 0 aliphatic heterocycles. The number of aromatic nitrogens is 3. The summed E-state index contributed by atoms with van der Waals surface area (Å²) in [4.78, 5) is 13.0. The van der Waals surface area contributed by atoms with Gasteiger partial charge >= 0.3 is 0 Å². The highest BCUT2D eigenvalue weighted by Gasteiger charge is 2.08. The van der Waals surface area contributed by atoms with E-state index in [1.165, 1.54) is 6.39 Å². The zero-order valence-electron chi connectivity index (χ0n) is 11.1. The second-order valence-electron chi connectivity index (χ2n) is 4.69. The molecule has 2 heterocycles. The smallest absolute Gasteiger partial charge is 0.181 e. The van der Waals surface area contributed by atoms with E-state index in [2.05, 4.69) is 15.0 Å². The molecule has 4 aromatic rings. The van der Waals surface area contributed by atoms with Crippen molar-refractivity contribution < 1.29 is 4.42 Å². The van der Waals surface area contributed by atoms with Gasteiger partial charge in [0.2, 0.25) is 0 Å². The Morgan fingerprint density at radius 1 is 0.810 bits per heavy atom. The van der Waals surface area contributed by atoms with Crippen molar-refractivity contribution in [3.63, 3.8) is 0 Å². The Morgan fingerprint density at radius 3 is 2.52 bits per heavy atom. The van der Waals surface area contributed by atoms with Crippen molar-refractivity contribution in [3.05, 3.63) is 67.5 Å². The van der Waals surface area contributed by atoms with E-state index in [4.69, 9.17) is 4.42 Å². The van der Waals surface area contributed by atoms with Crippen molar-refractivity contribution in [1.29, 1.82) is 0 Å². The predicted octanol–water partition coefficient (Wildman–Crippen LogP) is 3.95. The minimum absolute atomic E-state index is 0.803. The summed E-state index contributed by atoms with van der Waals surface area (Å²) < 4.78 is 5.03. The zero-order chi connectivity index (χ0) is 14.1. The third kappa shape index (κ3) is 2.07. The first-order chi connectivity index (χ1) is 10.4. The first-order valence-corrected chi connectivity index (χ1v) is 6.60. The number of oxazole rings is 1. The van der Waals surface area contributed by atoms with Crippen molar-refractivity contribution in [2.24, 2.45) is 0 Å². The van der Waals surface area contributed by atoms with Gasteiger partial charge in [-0.2, -0.15) is 0 Å². The summed E-state index contributed by atoms with van der Waals surface area (Å²) in [6.45, 7) is 0. The molecule has 0 atom stereocenters. The van der Waals surface area contributed by atoms with Crippen molar-refractivity contribution in [2.45, 2.75) is 0 Å². The van der Waals surface area contributed by atoms with Crippen LogP contribution in [0, 0.1) is 0 Å². The average molecular weight is 273 g/mol. The lowest BCUT2D eigenvalue weighted by molar-refractivity contribution is 0.558. The molecular formula is C17H11N3O. The number of benzene rings is 2. The van der Waals surface area contributed by atoms with Gasteiger partial charge in [0.15, 0.2) is 6.39 Å². The van der Waals surface area contributed by atoms with E-state index in [0.29, 0.717) is 0 Å². The normalized spacial score (nSPS) is 10.9. The summed E-state index contributed by atoms with van der Waals surface area (Å²) in [6.07, 6.45) is 4.65. The third-order valence-electron chi connectivity index (χ3n) is 3.41. The fourth-order valence-corrected chi connectivity index (χ4v) is 2.40. The van der Waals surface area contributed by atoms with Gasteiger partial charge in [-0.1, -0.05) is 36.4 Å². The molecule has 4 nitrogen and oxygen atoms in total. The number of hydrogen-bond acceptors (Lipinski definition) is 4. The fourth-order valence-electron chi connectivity index (χ4n) is 2.40.